The molecule has 1 aromatic carbocycles. The number of aryl methyl sites for hydroxylation is 1. The topological polar surface area (TPSA) is 98.5 Å². The minimum atomic E-state index is -0.493. The van der Waals surface area contributed by atoms with Crippen LogP contribution in [-0.2, 0) is 16.0 Å². The molecule has 0 atom stereocenters. The van der Waals surface area contributed by atoms with Gasteiger partial charge in [0.1, 0.15) is 5.00 Å². The van der Waals surface area contributed by atoms with Crippen molar-refractivity contribution in [2.75, 3.05) is 11.9 Å². The summed E-state index contributed by atoms with van der Waals surface area (Å²) in [5.74, 6) is -0.768. The summed E-state index contributed by atoms with van der Waals surface area (Å²) in [4.78, 5) is 35.5. The van der Waals surface area contributed by atoms with Gasteiger partial charge in [-0.3, -0.25) is 14.9 Å². The SMILES string of the molecule is CCOC(=O)c1c(NC(=O)Cc2ccc([N+](=O)[O-])cc2)sc(C)c1C. The fourth-order valence-corrected chi connectivity index (χ4v) is 3.32. The summed E-state index contributed by atoms with van der Waals surface area (Å²) in [6.07, 6.45) is 0.0518. The summed E-state index contributed by atoms with van der Waals surface area (Å²) < 4.78 is 5.05. The van der Waals surface area contributed by atoms with Gasteiger partial charge in [0, 0.05) is 17.0 Å². The molecular formula is C17H18N2O5S. The Balaban J connectivity index is 2.14. The number of nitrogens with one attached hydrogen (secondary N) is 1. The number of hydrogen-bond acceptors (Lipinski definition) is 6. The average molecular weight is 362 g/mol. The number of thiophene rings is 1. The predicted octanol–water partition coefficient (Wildman–Crippen LogP) is 3.63. The number of non-ortho nitro benzene ring substituents is 1. The summed E-state index contributed by atoms with van der Waals surface area (Å²) in [5.41, 5.74) is 1.78. The molecule has 1 aromatic heterocycles. The summed E-state index contributed by atoms with van der Waals surface area (Å²) in [5, 5.41) is 13.8. The van der Waals surface area contributed by atoms with Gasteiger partial charge < -0.3 is 10.1 Å². The number of ether oxygens (including phenoxy) is 1. The van der Waals surface area contributed by atoms with Crippen LogP contribution in [0.1, 0.15) is 33.3 Å². The molecule has 1 heterocycles. The van der Waals surface area contributed by atoms with E-state index in [2.05, 4.69) is 5.32 Å². The van der Waals surface area contributed by atoms with Gasteiger partial charge >= 0.3 is 5.97 Å². The Morgan fingerprint density at radius 3 is 2.44 bits per heavy atom. The van der Waals surface area contributed by atoms with Crippen molar-refractivity contribution >= 4 is 33.9 Å². The minimum absolute atomic E-state index is 0.0294. The van der Waals surface area contributed by atoms with Gasteiger partial charge in [0.25, 0.3) is 5.69 Å². The van der Waals surface area contributed by atoms with Crippen LogP contribution in [0.3, 0.4) is 0 Å². The van der Waals surface area contributed by atoms with Crippen molar-refractivity contribution in [3.05, 3.63) is 55.9 Å². The number of amides is 1. The number of carbonyl (C=O) groups is 2. The van der Waals surface area contributed by atoms with Crippen LogP contribution in [0.25, 0.3) is 0 Å². The van der Waals surface area contributed by atoms with Gasteiger partial charge in [-0.25, -0.2) is 4.79 Å². The van der Waals surface area contributed by atoms with E-state index in [0.29, 0.717) is 16.1 Å². The maximum Gasteiger partial charge on any atom is 0.341 e. The molecule has 8 heteroatoms. The summed E-state index contributed by atoms with van der Waals surface area (Å²) in [7, 11) is 0. The first-order chi connectivity index (χ1) is 11.8. The zero-order valence-corrected chi connectivity index (χ0v) is 14.9. The molecule has 0 saturated heterocycles. The van der Waals surface area contributed by atoms with Gasteiger partial charge in [0.15, 0.2) is 0 Å². The van der Waals surface area contributed by atoms with Crippen LogP contribution in [-0.4, -0.2) is 23.4 Å². The standard InChI is InChI=1S/C17H18N2O5S/c1-4-24-17(21)15-10(2)11(3)25-16(15)18-14(20)9-12-5-7-13(8-6-12)19(22)23/h5-8H,4,9H2,1-3H3,(H,18,20). The minimum Gasteiger partial charge on any atom is -0.462 e. The molecule has 7 nitrogen and oxygen atoms in total. The van der Waals surface area contributed by atoms with Crippen molar-refractivity contribution < 1.29 is 19.2 Å². The molecule has 0 fully saturated rings. The quantitative estimate of drug-likeness (QED) is 0.481. The molecule has 1 N–H and O–H groups in total. The van der Waals surface area contributed by atoms with Gasteiger partial charge in [-0.2, -0.15) is 0 Å². The molecule has 0 saturated carbocycles. The van der Waals surface area contributed by atoms with E-state index in [4.69, 9.17) is 4.74 Å². The van der Waals surface area contributed by atoms with Crippen LogP contribution < -0.4 is 5.32 Å². The molecule has 0 radical (unpaired) electrons. The molecule has 132 valence electrons. The van der Waals surface area contributed by atoms with Crippen LogP contribution in [0, 0.1) is 24.0 Å². The van der Waals surface area contributed by atoms with Crippen molar-refractivity contribution in [3.63, 3.8) is 0 Å². The van der Waals surface area contributed by atoms with E-state index in [0.717, 1.165) is 10.4 Å². The van der Waals surface area contributed by atoms with Crippen LogP contribution in [0.15, 0.2) is 24.3 Å². The van der Waals surface area contributed by atoms with E-state index in [1.54, 1.807) is 6.92 Å². The first kappa shape index (κ1) is 18.6. The molecule has 0 spiro atoms. The number of nitrogens with zero attached hydrogens (tertiary/aromatic N) is 1. The van der Waals surface area contributed by atoms with Gasteiger partial charge in [0.2, 0.25) is 5.91 Å². The number of carbonyl (C=O) groups excluding carboxylic acids is 2. The third-order valence-corrected chi connectivity index (χ3v) is 4.75. The second-order valence-corrected chi connectivity index (χ2v) is 6.58. The molecule has 0 bridgehead atoms. The van der Waals surface area contributed by atoms with Crippen LogP contribution in [0.4, 0.5) is 10.7 Å². The number of hydrogen-bond donors (Lipinski definition) is 1. The van der Waals surface area contributed by atoms with Crippen molar-refractivity contribution in [2.45, 2.75) is 27.2 Å². The van der Waals surface area contributed by atoms with Gasteiger partial charge in [0.05, 0.1) is 23.5 Å². The molecule has 0 aliphatic heterocycles. The first-order valence-electron chi connectivity index (χ1n) is 7.63. The normalized spacial score (nSPS) is 10.4. The van der Waals surface area contributed by atoms with Crippen molar-refractivity contribution in [3.8, 4) is 0 Å². The first-order valence-corrected chi connectivity index (χ1v) is 8.45. The van der Waals surface area contributed by atoms with E-state index in [9.17, 15) is 19.7 Å². The molecule has 0 unspecified atom stereocenters. The lowest BCUT2D eigenvalue weighted by Crippen LogP contribution is -2.16. The van der Waals surface area contributed by atoms with Gasteiger partial charge in [-0.1, -0.05) is 12.1 Å². The molecule has 2 aromatic rings. The number of anilines is 1. The second kappa shape index (κ2) is 7.89. The Hall–Kier alpha value is -2.74. The van der Waals surface area contributed by atoms with E-state index in [1.807, 2.05) is 13.8 Å². The number of esters is 1. The Labute approximate surface area is 148 Å². The molecule has 25 heavy (non-hydrogen) atoms. The highest BCUT2D eigenvalue weighted by Gasteiger charge is 2.22. The maximum absolute atomic E-state index is 12.3. The Morgan fingerprint density at radius 2 is 1.88 bits per heavy atom. The highest BCUT2D eigenvalue weighted by Crippen LogP contribution is 2.33. The fourth-order valence-electron chi connectivity index (χ4n) is 2.26. The van der Waals surface area contributed by atoms with Gasteiger partial charge in [-0.15, -0.1) is 11.3 Å². The van der Waals surface area contributed by atoms with E-state index in [1.165, 1.54) is 35.6 Å². The van der Waals surface area contributed by atoms with Crippen molar-refractivity contribution in [2.24, 2.45) is 0 Å². The van der Waals surface area contributed by atoms with Crippen LogP contribution >= 0.6 is 11.3 Å². The monoisotopic (exact) mass is 362 g/mol. The average Bonchev–Trinajstić information content (AvgIpc) is 2.82. The van der Waals surface area contributed by atoms with E-state index >= 15 is 0 Å². The molecule has 2 rings (SSSR count). The summed E-state index contributed by atoms with van der Waals surface area (Å²) in [6, 6.07) is 5.78. The zero-order chi connectivity index (χ0) is 18.6. The van der Waals surface area contributed by atoms with Crippen LogP contribution in [0.5, 0.6) is 0 Å². The second-order valence-electron chi connectivity index (χ2n) is 5.36. The van der Waals surface area contributed by atoms with Gasteiger partial charge in [-0.05, 0) is 31.9 Å². The summed E-state index contributed by atoms with van der Waals surface area (Å²) >= 11 is 1.32. The predicted molar refractivity (Wildman–Crippen MR) is 95.2 cm³/mol. The number of nitro benzene ring substituents is 1. The number of benzene rings is 1. The Kier molecular flexibility index (Phi) is 5.87. The zero-order valence-electron chi connectivity index (χ0n) is 14.1. The summed E-state index contributed by atoms with van der Waals surface area (Å²) in [6.45, 7) is 5.65. The lowest BCUT2D eigenvalue weighted by atomic mass is 10.1. The van der Waals surface area contributed by atoms with Crippen molar-refractivity contribution in [1.82, 2.24) is 0 Å². The van der Waals surface area contributed by atoms with E-state index < -0.39 is 10.9 Å². The lowest BCUT2D eigenvalue weighted by Gasteiger charge is -2.07. The third-order valence-electron chi connectivity index (χ3n) is 3.63. The largest absolute Gasteiger partial charge is 0.462 e. The highest BCUT2D eigenvalue weighted by atomic mass is 32.1. The smallest absolute Gasteiger partial charge is 0.341 e. The van der Waals surface area contributed by atoms with E-state index in [-0.39, 0.29) is 24.6 Å². The van der Waals surface area contributed by atoms with Crippen molar-refractivity contribution in [1.29, 1.82) is 0 Å². The highest BCUT2D eigenvalue weighted by molar-refractivity contribution is 7.16. The molecule has 0 aliphatic carbocycles. The molecular weight excluding hydrogens is 344 g/mol. The lowest BCUT2D eigenvalue weighted by molar-refractivity contribution is -0.384. The fraction of sp³-hybridized carbons (Fsp3) is 0.294. The Bertz CT molecular complexity index is 811. The molecule has 0 aliphatic rings. The number of nitro groups is 1. The maximum atomic E-state index is 12.3. The third kappa shape index (κ3) is 4.42. The Morgan fingerprint density at radius 1 is 1.24 bits per heavy atom. The van der Waals surface area contributed by atoms with Crippen LogP contribution in [0.2, 0.25) is 0 Å². The number of rotatable bonds is 6. The molecule has 1 amide bonds.